The predicted molar refractivity (Wildman–Crippen MR) is 73.0 cm³/mol. The van der Waals surface area contributed by atoms with Crippen molar-refractivity contribution in [2.24, 2.45) is 11.3 Å². The number of fused-ring (bicyclic) bond motifs is 1. The Balaban J connectivity index is 1.84. The van der Waals surface area contributed by atoms with Crippen LogP contribution in [-0.4, -0.2) is 31.2 Å². The van der Waals surface area contributed by atoms with Gasteiger partial charge in [0, 0.05) is 13.1 Å². The van der Waals surface area contributed by atoms with Crippen LogP contribution in [0.15, 0.2) is 18.3 Å². The second kappa shape index (κ2) is 4.78. The number of esters is 1. The van der Waals surface area contributed by atoms with E-state index < -0.39 is 0 Å². The van der Waals surface area contributed by atoms with Gasteiger partial charge in [0.1, 0.15) is 11.8 Å². The van der Waals surface area contributed by atoms with Gasteiger partial charge in [-0.1, -0.05) is 6.42 Å². The number of carbonyl (C=O) groups is 1. The molecule has 1 aliphatic carbocycles. The van der Waals surface area contributed by atoms with Crippen LogP contribution in [0.2, 0.25) is 0 Å². The molecule has 3 rings (SSSR count). The molecule has 0 spiro atoms. The average molecular weight is 271 g/mol. The molecule has 0 amide bonds. The summed E-state index contributed by atoms with van der Waals surface area (Å²) >= 11 is 0. The third-order valence-corrected chi connectivity index (χ3v) is 4.69. The molecule has 20 heavy (non-hydrogen) atoms. The Morgan fingerprint density at radius 1 is 1.60 bits per heavy atom. The molecule has 5 nitrogen and oxygen atoms in total. The number of pyridine rings is 1. The summed E-state index contributed by atoms with van der Waals surface area (Å²) < 4.78 is 5.04. The first-order chi connectivity index (χ1) is 9.69. The van der Waals surface area contributed by atoms with Gasteiger partial charge in [0.25, 0.3) is 0 Å². The lowest BCUT2D eigenvalue weighted by Crippen LogP contribution is -2.36. The van der Waals surface area contributed by atoms with E-state index in [2.05, 4.69) is 9.88 Å². The van der Waals surface area contributed by atoms with Crippen LogP contribution in [-0.2, 0) is 9.53 Å². The highest BCUT2D eigenvalue weighted by atomic mass is 16.5. The maximum absolute atomic E-state index is 12.2. The first-order valence-electron chi connectivity index (χ1n) is 6.89. The molecule has 0 N–H and O–H groups in total. The van der Waals surface area contributed by atoms with Crippen LogP contribution in [0.25, 0.3) is 0 Å². The van der Waals surface area contributed by atoms with Crippen molar-refractivity contribution in [2.45, 2.75) is 19.3 Å². The summed E-state index contributed by atoms with van der Waals surface area (Å²) in [5, 5.41) is 8.78. The largest absolute Gasteiger partial charge is 0.469 e. The van der Waals surface area contributed by atoms with Crippen LogP contribution in [0.4, 0.5) is 5.69 Å². The number of hydrogen-bond donors (Lipinski definition) is 0. The standard InChI is InChI=1S/C15H17N3O2/c1-20-14(19)15-6-2-3-11(15)9-18(10-15)13-5-4-12(7-16)17-8-13/h4-5,8,11H,2-3,6,9-10H2,1H3. The summed E-state index contributed by atoms with van der Waals surface area (Å²) in [6.07, 6.45) is 4.80. The van der Waals surface area contributed by atoms with Crippen molar-refractivity contribution < 1.29 is 9.53 Å². The van der Waals surface area contributed by atoms with Crippen molar-refractivity contribution in [3.05, 3.63) is 24.0 Å². The molecule has 0 radical (unpaired) electrons. The van der Waals surface area contributed by atoms with Gasteiger partial charge >= 0.3 is 5.97 Å². The summed E-state index contributed by atoms with van der Waals surface area (Å²) in [6, 6.07) is 5.63. The molecule has 1 aliphatic heterocycles. The van der Waals surface area contributed by atoms with E-state index in [1.54, 1.807) is 12.3 Å². The van der Waals surface area contributed by atoms with Gasteiger partial charge in [-0.05, 0) is 30.9 Å². The molecule has 0 bridgehead atoms. The number of ether oxygens (including phenoxy) is 1. The van der Waals surface area contributed by atoms with Crippen LogP contribution < -0.4 is 4.90 Å². The lowest BCUT2D eigenvalue weighted by Gasteiger charge is -2.25. The number of nitriles is 1. The van der Waals surface area contributed by atoms with Crippen molar-refractivity contribution in [3.63, 3.8) is 0 Å². The Morgan fingerprint density at radius 3 is 3.10 bits per heavy atom. The number of anilines is 1. The van der Waals surface area contributed by atoms with Gasteiger partial charge in [-0.2, -0.15) is 5.26 Å². The van der Waals surface area contributed by atoms with E-state index in [-0.39, 0.29) is 11.4 Å². The second-order valence-corrected chi connectivity index (χ2v) is 5.63. The Hall–Kier alpha value is -2.09. The van der Waals surface area contributed by atoms with Gasteiger partial charge in [-0.3, -0.25) is 4.79 Å². The Kier molecular flexibility index (Phi) is 3.09. The van der Waals surface area contributed by atoms with Crippen LogP contribution in [0.3, 0.4) is 0 Å². The Labute approximate surface area is 118 Å². The lowest BCUT2D eigenvalue weighted by atomic mass is 9.81. The molecule has 1 saturated heterocycles. The summed E-state index contributed by atoms with van der Waals surface area (Å²) in [7, 11) is 1.47. The topological polar surface area (TPSA) is 66.2 Å². The van der Waals surface area contributed by atoms with Gasteiger partial charge in [-0.25, -0.2) is 4.98 Å². The zero-order chi connectivity index (χ0) is 14.2. The number of aromatic nitrogens is 1. The van der Waals surface area contributed by atoms with E-state index in [0.717, 1.165) is 31.5 Å². The fourth-order valence-corrected chi connectivity index (χ4v) is 3.66. The van der Waals surface area contributed by atoms with Crippen molar-refractivity contribution in [1.29, 1.82) is 5.26 Å². The smallest absolute Gasteiger partial charge is 0.313 e. The minimum Gasteiger partial charge on any atom is -0.469 e. The van der Waals surface area contributed by atoms with Crippen molar-refractivity contribution >= 4 is 11.7 Å². The number of hydrogen-bond acceptors (Lipinski definition) is 5. The number of rotatable bonds is 2. The summed E-state index contributed by atoms with van der Waals surface area (Å²) in [4.78, 5) is 18.5. The molecular weight excluding hydrogens is 254 g/mol. The molecular formula is C15H17N3O2. The zero-order valence-electron chi connectivity index (χ0n) is 11.5. The van der Waals surface area contributed by atoms with Gasteiger partial charge in [0.15, 0.2) is 0 Å². The minimum absolute atomic E-state index is 0.0795. The van der Waals surface area contributed by atoms with E-state index in [9.17, 15) is 4.79 Å². The molecule has 0 aromatic carbocycles. The predicted octanol–water partition coefficient (Wildman–Crippen LogP) is 1.73. The van der Waals surface area contributed by atoms with E-state index in [1.807, 2.05) is 12.1 Å². The highest BCUT2D eigenvalue weighted by Crippen LogP contribution is 2.50. The quantitative estimate of drug-likeness (QED) is 0.766. The molecule has 2 heterocycles. The van der Waals surface area contributed by atoms with Crippen LogP contribution in [0.5, 0.6) is 0 Å². The molecule has 2 fully saturated rings. The number of nitrogens with zero attached hydrogens (tertiary/aromatic N) is 3. The minimum atomic E-state index is -0.345. The zero-order valence-corrected chi connectivity index (χ0v) is 11.5. The third kappa shape index (κ3) is 1.83. The summed E-state index contributed by atoms with van der Waals surface area (Å²) in [5.74, 6) is 0.287. The molecule has 2 unspecified atom stereocenters. The molecule has 2 atom stereocenters. The van der Waals surface area contributed by atoms with Gasteiger partial charge < -0.3 is 9.64 Å². The van der Waals surface area contributed by atoms with E-state index >= 15 is 0 Å². The van der Waals surface area contributed by atoms with Gasteiger partial charge in [0.05, 0.1) is 24.4 Å². The first-order valence-corrected chi connectivity index (χ1v) is 6.89. The fraction of sp³-hybridized carbons (Fsp3) is 0.533. The summed E-state index contributed by atoms with van der Waals surface area (Å²) in [6.45, 7) is 1.56. The van der Waals surface area contributed by atoms with E-state index in [4.69, 9.17) is 10.00 Å². The third-order valence-electron chi connectivity index (χ3n) is 4.69. The maximum atomic E-state index is 12.2. The molecule has 1 saturated carbocycles. The molecule has 1 aromatic rings. The molecule has 1 aromatic heterocycles. The van der Waals surface area contributed by atoms with E-state index in [1.165, 1.54) is 7.11 Å². The van der Waals surface area contributed by atoms with Crippen molar-refractivity contribution in [3.8, 4) is 6.07 Å². The van der Waals surface area contributed by atoms with Crippen molar-refractivity contribution in [2.75, 3.05) is 25.1 Å². The molecule has 104 valence electrons. The van der Waals surface area contributed by atoms with E-state index in [0.29, 0.717) is 18.2 Å². The monoisotopic (exact) mass is 271 g/mol. The number of methoxy groups -OCH3 is 1. The lowest BCUT2D eigenvalue weighted by molar-refractivity contribution is -0.152. The fourth-order valence-electron chi connectivity index (χ4n) is 3.66. The first kappa shape index (κ1) is 12.9. The number of carbonyl (C=O) groups excluding carboxylic acids is 1. The maximum Gasteiger partial charge on any atom is 0.313 e. The normalized spacial score (nSPS) is 28.0. The average Bonchev–Trinajstić information content (AvgIpc) is 3.04. The second-order valence-electron chi connectivity index (χ2n) is 5.63. The van der Waals surface area contributed by atoms with Crippen molar-refractivity contribution in [1.82, 2.24) is 4.98 Å². The summed E-state index contributed by atoms with van der Waals surface area (Å²) in [5.41, 5.74) is 1.04. The van der Waals surface area contributed by atoms with Gasteiger partial charge in [0.2, 0.25) is 0 Å². The van der Waals surface area contributed by atoms with Crippen LogP contribution >= 0.6 is 0 Å². The van der Waals surface area contributed by atoms with Crippen LogP contribution in [0, 0.1) is 22.7 Å². The Bertz CT molecular complexity index is 563. The SMILES string of the molecule is COC(=O)C12CCCC1CN(c1ccc(C#N)nc1)C2. The highest BCUT2D eigenvalue weighted by Gasteiger charge is 2.55. The molecule has 5 heteroatoms. The molecule has 2 aliphatic rings. The van der Waals surface area contributed by atoms with Crippen LogP contribution in [0.1, 0.15) is 25.0 Å². The van der Waals surface area contributed by atoms with Gasteiger partial charge in [-0.15, -0.1) is 0 Å². The Morgan fingerprint density at radius 2 is 2.45 bits per heavy atom. The highest BCUT2D eigenvalue weighted by molar-refractivity contribution is 5.79.